The predicted molar refractivity (Wildman–Crippen MR) is 266 cm³/mol. The van der Waals surface area contributed by atoms with Gasteiger partial charge in [-0.25, -0.2) is 0 Å². The second-order valence-electron chi connectivity index (χ2n) is 18.9. The van der Waals surface area contributed by atoms with Crippen LogP contribution in [-0.2, 0) is 0 Å². The fourth-order valence-corrected chi connectivity index (χ4v) is 12.0. The lowest BCUT2D eigenvalue weighted by Crippen LogP contribution is -2.47. The molecule has 2 heterocycles. The molecule has 338 valence electrons. The molecule has 63 heavy (non-hydrogen) atoms. The number of carbonyl (C=O) groups excluding carboxylic acids is 4. The summed E-state index contributed by atoms with van der Waals surface area (Å²) in [5.41, 5.74) is 2.44. The van der Waals surface area contributed by atoms with Gasteiger partial charge < -0.3 is 0 Å². The molecule has 2 aliphatic rings. The Balaban J connectivity index is 1.37. The minimum absolute atomic E-state index is 0.122. The molecule has 0 spiro atoms. The van der Waals surface area contributed by atoms with Crippen LogP contribution in [0.5, 0.6) is 0 Å². The Morgan fingerprint density at radius 2 is 0.746 bits per heavy atom. The second-order valence-corrected chi connectivity index (χ2v) is 20.0. The number of nitrogens with zero attached hydrogens (tertiary/aromatic N) is 2. The van der Waals surface area contributed by atoms with Gasteiger partial charge in [0.1, 0.15) is 0 Å². The zero-order chi connectivity index (χ0) is 44.5. The summed E-state index contributed by atoms with van der Waals surface area (Å²) in [7, 11) is 0. The summed E-state index contributed by atoms with van der Waals surface area (Å²) in [6.07, 6.45) is 25.6. The Labute approximate surface area is 382 Å². The molecule has 0 fully saturated rings. The maximum absolute atomic E-state index is 15.1. The van der Waals surface area contributed by atoms with Gasteiger partial charge in [0.15, 0.2) is 0 Å². The molecule has 0 N–H and O–H groups in total. The van der Waals surface area contributed by atoms with Crippen molar-refractivity contribution in [3.8, 4) is 0 Å². The maximum atomic E-state index is 15.1. The van der Waals surface area contributed by atoms with E-state index >= 15 is 4.79 Å². The molecule has 4 amide bonds. The molecular formula is C56H74N2O4S. The van der Waals surface area contributed by atoms with E-state index in [1.165, 1.54) is 6.42 Å². The first-order chi connectivity index (χ1) is 30.8. The van der Waals surface area contributed by atoms with Crippen molar-refractivity contribution in [1.82, 2.24) is 9.80 Å². The van der Waals surface area contributed by atoms with Crippen molar-refractivity contribution in [2.45, 2.75) is 206 Å². The lowest BCUT2D eigenvalue weighted by molar-refractivity contribution is 0.0501. The molecule has 5 aromatic rings. The highest BCUT2D eigenvalue weighted by molar-refractivity contribution is 7.99. The van der Waals surface area contributed by atoms with Crippen LogP contribution in [-0.4, -0.2) is 51.3 Å². The second kappa shape index (κ2) is 22.3. The Morgan fingerprint density at radius 3 is 1.17 bits per heavy atom. The van der Waals surface area contributed by atoms with Gasteiger partial charge in [-0.2, -0.15) is 0 Å². The quantitative estimate of drug-likeness (QED) is 0.0165. The number of hydrogen-bond donors (Lipinski definition) is 0. The molecule has 2 aliphatic heterocycles. The van der Waals surface area contributed by atoms with Crippen LogP contribution in [0.2, 0.25) is 0 Å². The fourth-order valence-electron chi connectivity index (χ4n) is 10.9. The van der Waals surface area contributed by atoms with E-state index in [1.807, 2.05) is 18.2 Å². The van der Waals surface area contributed by atoms with Crippen molar-refractivity contribution in [1.29, 1.82) is 0 Å². The lowest BCUT2D eigenvalue weighted by Gasteiger charge is -2.36. The molecule has 0 atom stereocenters. The van der Waals surface area contributed by atoms with Crippen LogP contribution in [0, 0.1) is 0 Å². The van der Waals surface area contributed by atoms with E-state index in [0.29, 0.717) is 22.3 Å². The highest BCUT2D eigenvalue weighted by Gasteiger charge is 2.41. The van der Waals surface area contributed by atoms with Gasteiger partial charge in [0.2, 0.25) is 0 Å². The van der Waals surface area contributed by atoms with Crippen molar-refractivity contribution in [3.63, 3.8) is 0 Å². The van der Waals surface area contributed by atoms with Crippen LogP contribution in [0.25, 0.3) is 43.1 Å². The monoisotopic (exact) mass is 871 g/mol. The summed E-state index contributed by atoms with van der Waals surface area (Å²) in [5.74, 6) is 0.227. The first-order valence-corrected chi connectivity index (χ1v) is 26.4. The summed E-state index contributed by atoms with van der Waals surface area (Å²) in [4.78, 5) is 63.9. The van der Waals surface area contributed by atoms with Gasteiger partial charge in [-0.15, -0.1) is 11.8 Å². The van der Waals surface area contributed by atoms with E-state index in [0.717, 1.165) is 201 Å². The summed E-state index contributed by atoms with van der Waals surface area (Å²) < 4.78 is 0. The Hall–Kier alpha value is -3.97. The molecular weight excluding hydrogens is 797 g/mol. The summed E-state index contributed by atoms with van der Waals surface area (Å²) >= 11 is 1.81. The molecule has 0 aromatic heterocycles. The van der Waals surface area contributed by atoms with Gasteiger partial charge in [-0.1, -0.05) is 175 Å². The molecule has 7 rings (SSSR count). The van der Waals surface area contributed by atoms with Crippen LogP contribution in [0.15, 0.2) is 47.4 Å². The van der Waals surface area contributed by atoms with Gasteiger partial charge in [0.05, 0.1) is 0 Å². The van der Waals surface area contributed by atoms with E-state index in [-0.39, 0.29) is 35.7 Å². The molecule has 0 aliphatic carbocycles. The average molecular weight is 871 g/mol. The number of imide groups is 2. The topological polar surface area (TPSA) is 74.8 Å². The maximum Gasteiger partial charge on any atom is 0.261 e. The number of fused-ring (bicyclic) bond motifs is 2. The molecule has 0 radical (unpaired) electrons. The van der Waals surface area contributed by atoms with Gasteiger partial charge in [0.25, 0.3) is 23.6 Å². The van der Waals surface area contributed by atoms with Crippen LogP contribution >= 0.6 is 11.8 Å². The minimum atomic E-state index is -0.177. The number of unbranched alkanes of at least 4 members (excludes halogenated alkanes) is 15. The van der Waals surface area contributed by atoms with Gasteiger partial charge >= 0.3 is 0 Å². The molecule has 0 saturated carbocycles. The number of benzene rings is 5. The van der Waals surface area contributed by atoms with Crippen molar-refractivity contribution in [2.24, 2.45) is 0 Å². The highest BCUT2D eigenvalue weighted by Crippen LogP contribution is 2.50. The summed E-state index contributed by atoms with van der Waals surface area (Å²) in [6, 6.07) is 14.0. The third-order valence-corrected chi connectivity index (χ3v) is 15.4. The molecule has 0 saturated heterocycles. The number of rotatable bonds is 28. The first-order valence-electron chi connectivity index (χ1n) is 25.4. The third kappa shape index (κ3) is 9.56. The van der Waals surface area contributed by atoms with E-state index in [1.54, 1.807) is 21.6 Å². The third-order valence-electron chi connectivity index (χ3n) is 14.3. The smallest absolute Gasteiger partial charge is 0.261 e. The number of carbonyl (C=O) groups is 4. The van der Waals surface area contributed by atoms with Gasteiger partial charge in [0, 0.05) is 60.8 Å². The van der Waals surface area contributed by atoms with Crippen molar-refractivity contribution >= 4 is 78.5 Å². The van der Waals surface area contributed by atoms with E-state index in [9.17, 15) is 14.4 Å². The SMILES string of the molecule is CCCCCCSc1cc2c3c(ccc4c5ccc6c7c(ccc(c1c34)c75)C(=O)N(C(CCCCCC)CCCCCC)C6=O)C(=O)N(C(CCCCCC)CCCCCC)C2=O. The predicted octanol–water partition coefficient (Wildman–Crippen LogP) is 16.2. The zero-order valence-electron chi connectivity index (χ0n) is 39.3. The Morgan fingerprint density at radius 1 is 0.381 bits per heavy atom. The Bertz CT molecular complexity index is 2350. The van der Waals surface area contributed by atoms with Crippen molar-refractivity contribution < 1.29 is 19.2 Å². The van der Waals surface area contributed by atoms with E-state index in [2.05, 4.69) is 58.9 Å². The summed E-state index contributed by atoms with van der Waals surface area (Å²) in [5, 5.41) is 7.32. The summed E-state index contributed by atoms with van der Waals surface area (Å²) in [6.45, 7) is 11.1. The van der Waals surface area contributed by atoms with Crippen LogP contribution in [0.4, 0.5) is 0 Å². The normalized spacial score (nSPS) is 14.2. The Kier molecular flexibility index (Phi) is 16.6. The molecule has 0 bridgehead atoms. The van der Waals surface area contributed by atoms with Gasteiger partial charge in [-0.05, 0) is 83.7 Å². The van der Waals surface area contributed by atoms with Crippen LogP contribution in [0.3, 0.4) is 0 Å². The zero-order valence-corrected chi connectivity index (χ0v) is 40.1. The standard InChI is InChI=1S/C56H74N2O4S/c1-6-11-16-21-26-38(27-22-17-12-7-2)57-53(59)43-33-30-40-41-31-34-45-50-46(56(62)58(55(45)61)39(28-23-18-13-8-3)29-24-19-14-9-4)37-47(63-36-25-20-15-10-5)51(52(41)50)42-32-35-44(54(57)60)49(43)48(40)42/h30-35,37-39H,6-29,36H2,1-5H3. The average Bonchev–Trinajstić information content (AvgIpc) is 3.29. The van der Waals surface area contributed by atoms with Crippen LogP contribution in [0.1, 0.15) is 230 Å². The van der Waals surface area contributed by atoms with Crippen LogP contribution < -0.4 is 0 Å². The van der Waals surface area contributed by atoms with Crippen molar-refractivity contribution in [3.05, 3.63) is 64.7 Å². The van der Waals surface area contributed by atoms with E-state index in [4.69, 9.17) is 0 Å². The molecule has 7 heteroatoms. The molecule has 5 aromatic carbocycles. The number of amides is 4. The molecule has 6 nitrogen and oxygen atoms in total. The van der Waals surface area contributed by atoms with Crippen molar-refractivity contribution in [2.75, 3.05) is 5.75 Å². The number of thioether (sulfide) groups is 1. The largest absolute Gasteiger partial charge is 0.271 e. The van der Waals surface area contributed by atoms with Gasteiger partial charge in [-0.3, -0.25) is 29.0 Å². The minimum Gasteiger partial charge on any atom is -0.271 e. The highest BCUT2D eigenvalue weighted by atomic mass is 32.2. The number of hydrogen-bond acceptors (Lipinski definition) is 5. The lowest BCUT2D eigenvalue weighted by atomic mass is 9.81. The first kappa shape index (κ1) is 47.0. The molecule has 0 unspecified atom stereocenters. The van der Waals surface area contributed by atoms with E-state index < -0.39 is 0 Å². The fraction of sp³-hybridized carbons (Fsp3) is 0.571.